The topological polar surface area (TPSA) is 49.4 Å². The maximum Gasteiger partial charge on any atom is 0.246 e. The maximum atomic E-state index is 12.9. The van der Waals surface area contributed by atoms with Crippen molar-refractivity contribution in [2.24, 2.45) is 0 Å². The molecule has 1 aliphatic heterocycles. The fourth-order valence-corrected chi connectivity index (χ4v) is 2.79. The predicted octanol–water partition coefficient (Wildman–Crippen LogP) is 1.88. The minimum atomic E-state index is -0.476. The minimum absolute atomic E-state index is 0.0424. The van der Waals surface area contributed by atoms with Gasteiger partial charge in [-0.3, -0.25) is 9.59 Å². The van der Waals surface area contributed by atoms with E-state index in [-0.39, 0.29) is 23.7 Å². The molecule has 1 aliphatic rings. The first kappa shape index (κ1) is 15.5. The Morgan fingerprint density at radius 3 is 2.48 bits per heavy atom. The first-order valence-electron chi connectivity index (χ1n) is 7.31. The number of nitrogens with one attached hydrogen (secondary N) is 1. The molecule has 1 N–H and O–H groups in total. The molecule has 0 aliphatic carbocycles. The molecule has 2 rings (SSSR count). The molecule has 3 unspecified atom stereocenters. The van der Waals surface area contributed by atoms with Crippen LogP contribution in [-0.4, -0.2) is 34.8 Å². The van der Waals surface area contributed by atoms with Crippen LogP contribution >= 0.6 is 0 Å². The second-order valence-electron chi connectivity index (χ2n) is 5.57. The van der Waals surface area contributed by atoms with E-state index in [1.165, 1.54) is 12.1 Å². The SMILES string of the molecule is CCC1NC(=O)C(C)N(C(C)Cc2ccc(F)cc2)C1=O. The molecule has 1 aromatic carbocycles. The highest BCUT2D eigenvalue weighted by atomic mass is 19.1. The van der Waals surface area contributed by atoms with Crippen LogP contribution in [0, 0.1) is 5.82 Å². The Hall–Kier alpha value is -1.91. The summed E-state index contributed by atoms with van der Waals surface area (Å²) in [7, 11) is 0. The molecule has 1 fully saturated rings. The first-order valence-corrected chi connectivity index (χ1v) is 7.31. The van der Waals surface area contributed by atoms with Gasteiger partial charge in [0, 0.05) is 6.04 Å². The summed E-state index contributed by atoms with van der Waals surface area (Å²) >= 11 is 0. The number of hydrogen-bond acceptors (Lipinski definition) is 2. The third-order valence-corrected chi connectivity index (χ3v) is 3.99. The number of carbonyl (C=O) groups is 2. The predicted molar refractivity (Wildman–Crippen MR) is 78.1 cm³/mol. The highest BCUT2D eigenvalue weighted by Crippen LogP contribution is 2.18. The summed E-state index contributed by atoms with van der Waals surface area (Å²) in [6, 6.07) is 5.21. The van der Waals surface area contributed by atoms with E-state index in [1.54, 1.807) is 24.0 Å². The van der Waals surface area contributed by atoms with Crippen LogP contribution in [0.25, 0.3) is 0 Å². The van der Waals surface area contributed by atoms with Gasteiger partial charge in [-0.15, -0.1) is 0 Å². The molecular weight excluding hydrogens is 271 g/mol. The summed E-state index contributed by atoms with van der Waals surface area (Å²) in [5.74, 6) is -0.439. The van der Waals surface area contributed by atoms with Crippen LogP contribution in [0.15, 0.2) is 24.3 Å². The van der Waals surface area contributed by atoms with Crippen LogP contribution in [0.1, 0.15) is 32.8 Å². The highest BCUT2D eigenvalue weighted by Gasteiger charge is 2.39. The van der Waals surface area contributed by atoms with Crippen LogP contribution in [0.3, 0.4) is 0 Å². The van der Waals surface area contributed by atoms with Gasteiger partial charge in [0.1, 0.15) is 17.9 Å². The van der Waals surface area contributed by atoms with Crippen molar-refractivity contribution in [1.82, 2.24) is 10.2 Å². The van der Waals surface area contributed by atoms with E-state index in [2.05, 4.69) is 5.32 Å². The molecule has 3 atom stereocenters. The quantitative estimate of drug-likeness (QED) is 0.921. The Morgan fingerprint density at radius 2 is 1.90 bits per heavy atom. The summed E-state index contributed by atoms with van der Waals surface area (Å²) in [5, 5.41) is 2.74. The van der Waals surface area contributed by atoms with Crippen molar-refractivity contribution >= 4 is 11.8 Å². The van der Waals surface area contributed by atoms with Crippen molar-refractivity contribution in [3.05, 3.63) is 35.6 Å². The summed E-state index contributed by atoms with van der Waals surface area (Å²) < 4.78 is 12.9. The molecule has 1 saturated heterocycles. The van der Waals surface area contributed by atoms with Crippen LogP contribution in [0.2, 0.25) is 0 Å². The van der Waals surface area contributed by atoms with E-state index < -0.39 is 12.1 Å². The van der Waals surface area contributed by atoms with Crippen molar-refractivity contribution in [1.29, 1.82) is 0 Å². The zero-order valence-corrected chi connectivity index (χ0v) is 12.6. The lowest BCUT2D eigenvalue weighted by Crippen LogP contribution is -2.64. The minimum Gasteiger partial charge on any atom is -0.343 e. The van der Waals surface area contributed by atoms with Crippen molar-refractivity contribution in [2.75, 3.05) is 0 Å². The van der Waals surface area contributed by atoms with Gasteiger partial charge in [-0.2, -0.15) is 0 Å². The largest absolute Gasteiger partial charge is 0.343 e. The molecule has 4 nitrogen and oxygen atoms in total. The van der Waals surface area contributed by atoms with Gasteiger partial charge in [-0.05, 0) is 44.4 Å². The second-order valence-corrected chi connectivity index (χ2v) is 5.57. The number of hydrogen-bond donors (Lipinski definition) is 1. The zero-order chi connectivity index (χ0) is 15.6. The number of halogens is 1. The van der Waals surface area contributed by atoms with Gasteiger partial charge >= 0.3 is 0 Å². The molecule has 114 valence electrons. The molecule has 0 bridgehead atoms. The monoisotopic (exact) mass is 292 g/mol. The van der Waals surface area contributed by atoms with E-state index in [0.717, 1.165) is 5.56 Å². The fourth-order valence-electron chi connectivity index (χ4n) is 2.79. The van der Waals surface area contributed by atoms with Gasteiger partial charge in [0.15, 0.2) is 0 Å². The molecule has 5 heteroatoms. The lowest BCUT2D eigenvalue weighted by molar-refractivity contribution is -0.151. The summed E-state index contributed by atoms with van der Waals surface area (Å²) in [6.45, 7) is 5.53. The zero-order valence-electron chi connectivity index (χ0n) is 12.6. The van der Waals surface area contributed by atoms with Crippen LogP contribution in [0.5, 0.6) is 0 Å². The number of benzene rings is 1. The van der Waals surface area contributed by atoms with Gasteiger partial charge in [0.05, 0.1) is 0 Å². The summed E-state index contributed by atoms with van der Waals surface area (Å²) in [5.41, 5.74) is 0.947. The second kappa shape index (κ2) is 6.24. The molecule has 1 heterocycles. The van der Waals surface area contributed by atoms with Crippen LogP contribution in [-0.2, 0) is 16.0 Å². The van der Waals surface area contributed by atoms with E-state index in [9.17, 15) is 14.0 Å². The number of amides is 2. The van der Waals surface area contributed by atoms with E-state index in [1.807, 2.05) is 13.8 Å². The standard InChI is InChI=1S/C16H21FN2O2/c1-4-14-16(21)19(11(3)15(20)18-14)10(2)9-12-5-7-13(17)8-6-12/h5-8,10-11,14H,4,9H2,1-3H3,(H,18,20). The van der Waals surface area contributed by atoms with E-state index in [4.69, 9.17) is 0 Å². The molecule has 0 radical (unpaired) electrons. The Labute approximate surface area is 124 Å². The number of nitrogens with zero attached hydrogens (tertiary/aromatic N) is 1. The molecule has 21 heavy (non-hydrogen) atoms. The lowest BCUT2D eigenvalue weighted by atomic mass is 10.00. The third kappa shape index (κ3) is 3.23. The Balaban J connectivity index is 2.15. The first-order chi connectivity index (χ1) is 9.93. The van der Waals surface area contributed by atoms with Crippen molar-refractivity contribution in [3.8, 4) is 0 Å². The Morgan fingerprint density at radius 1 is 1.29 bits per heavy atom. The smallest absolute Gasteiger partial charge is 0.246 e. The normalized spacial score (nSPS) is 23.9. The highest BCUT2D eigenvalue weighted by molar-refractivity contribution is 5.96. The maximum absolute atomic E-state index is 12.9. The van der Waals surface area contributed by atoms with Crippen LogP contribution < -0.4 is 5.32 Å². The van der Waals surface area contributed by atoms with E-state index >= 15 is 0 Å². The van der Waals surface area contributed by atoms with Gasteiger partial charge in [-0.1, -0.05) is 19.1 Å². The van der Waals surface area contributed by atoms with Crippen molar-refractivity contribution in [3.63, 3.8) is 0 Å². The lowest BCUT2D eigenvalue weighted by Gasteiger charge is -2.41. The van der Waals surface area contributed by atoms with Gasteiger partial charge in [0.2, 0.25) is 11.8 Å². The molecule has 1 aromatic rings. The third-order valence-electron chi connectivity index (χ3n) is 3.99. The number of carbonyl (C=O) groups excluding carboxylic acids is 2. The van der Waals surface area contributed by atoms with Crippen molar-refractivity contribution in [2.45, 2.75) is 51.7 Å². The van der Waals surface area contributed by atoms with Crippen LogP contribution in [0.4, 0.5) is 4.39 Å². The fraction of sp³-hybridized carbons (Fsp3) is 0.500. The van der Waals surface area contributed by atoms with Crippen molar-refractivity contribution < 1.29 is 14.0 Å². The molecular formula is C16H21FN2O2. The average Bonchev–Trinajstić information content (AvgIpc) is 2.45. The summed E-state index contributed by atoms with van der Waals surface area (Å²) in [4.78, 5) is 26.1. The average molecular weight is 292 g/mol. The molecule has 0 spiro atoms. The number of rotatable bonds is 4. The van der Waals surface area contributed by atoms with Gasteiger partial charge < -0.3 is 10.2 Å². The molecule has 0 saturated carbocycles. The summed E-state index contributed by atoms with van der Waals surface area (Å²) in [6.07, 6.45) is 1.18. The van der Waals surface area contributed by atoms with E-state index in [0.29, 0.717) is 12.8 Å². The van der Waals surface area contributed by atoms with Gasteiger partial charge in [-0.25, -0.2) is 4.39 Å². The molecule has 0 aromatic heterocycles. The van der Waals surface area contributed by atoms with Gasteiger partial charge in [0.25, 0.3) is 0 Å². The number of piperazine rings is 1. The Bertz CT molecular complexity index is 530. The molecule has 2 amide bonds. The Kier molecular flexibility index (Phi) is 4.60.